The maximum atomic E-state index is 12.6. The molecule has 0 radical (unpaired) electrons. The van der Waals surface area contributed by atoms with Crippen molar-refractivity contribution in [2.24, 2.45) is 7.05 Å². The van der Waals surface area contributed by atoms with Crippen LogP contribution in [0, 0.1) is 0 Å². The fraction of sp³-hybridized carbons (Fsp3) is 0.263. The molecule has 7 heteroatoms. The number of thiazole rings is 1. The number of ether oxygens (including phenoxy) is 2. The first kappa shape index (κ1) is 18.0. The number of nitrogens with one attached hydrogen (secondary N) is 1. The third-order valence-electron chi connectivity index (χ3n) is 4.06. The first-order valence-electron chi connectivity index (χ1n) is 8.23. The summed E-state index contributed by atoms with van der Waals surface area (Å²) in [6.45, 7) is 1.88. The molecular weight excluding hydrogens is 352 g/mol. The van der Waals surface area contributed by atoms with Gasteiger partial charge in [0.2, 0.25) is 0 Å². The summed E-state index contributed by atoms with van der Waals surface area (Å²) < 4.78 is 13.5. The molecule has 2 aromatic carbocycles. The van der Waals surface area contributed by atoms with Crippen molar-refractivity contribution in [1.82, 2.24) is 4.57 Å². The van der Waals surface area contributed by atoms with Crippen molar-refractivity contribution in [3.8, 4) is 11.5 Å². The fourth-order valence-electron chi connectivity index (χ4n) is 2.63. The highest BCUT2D eigenvalue weighted by Crippen LogP contribution is 2.28. The number of rotatable bonds is 6. The first-order chi connectivity index (χ1) is 12.5. The van der Waals surface area contributed by atoms with Gasteiger partial charge in [0.1, 0.15) is 0 Å². The van der Waals surface area contributed by atoms with Crippen molar-refractivity contribution in [2.75, 3.05) is 12.4 Å². The highest BCUT2D eigenvalue weighted by Gasteiger charge is 2.20. The smallest absolute Gasteiger partial charge is 0.307 e. The lowest BCUT2D eigenvalue weighted by atomic mass is 10.2. The fourth-order valence-corrected chi connectivity index (χ4v) is 3.54. The molecule has 0 saturated carbocycles. The summed E-state index contributed by atoms with van der Waals surface area (Å²) in [5.74, 6) is 0.851. The lowest BCUT2D eigenvalue weighted by Crippen LogP contribution is -2.32. The molecule has 3 aromatic rings. The van der Waals surface area contributed by atoms with Gasteiger partial charge in [-0.1, -0.05) is 30.4 Å². The van der Waals surface area contributed by atoms with Gasteiger partial charge in [0.25, 0.3) is 5.91 Å². The molecule has 26 heavy (non-hydrogen) atoms. The normalized spacial score (nSPS) is 12.0. The van der Waals surface area contributed by atoms with Crippen LogP contribution in [0.1, 0.15) is 13.3 Å². The average molecular weight is 372 g/mol. The number of para-hydroxylation sites is 2. The molecule has 0 fully saturated rings. The molecular formula is C19H20N2O4S. The van der Waals surface area contributed by atoms with Crippen molar-refractivity contribution >= 4 is 33.1 Å². The minimum atomic E-state index is -0.656. The Morgan fingerprint density at radius 1 is 1.23 bits per heavy atom. The van der Waals surface area contributed by atoms with E-state index >= 15 is 0 Å². The van der Waals surface area contributed by atoms with E-state index in [0.29, 0.717) is 23.6 Å². The second kappa shape index (κ2) is 7.61. The number of hydrogen-bond donors (Lipinski definition) is 1. The van der Waals surface area contributed by atoms with Gasteiger partial charge in [-0.15, -0.1) is 0 Å². The van der Waals surface area contributed by atoms with Gasteiger partial charge < -0.3 is 19.4 Å². The summed E-state index contributed by atoms with van der Waals surface area (Å²) in [5, 5.41) is 2.86. The van der Waals surface area contributed by atoms with E-state index in [1.165, 1.54) is 0 Å². The number of fused-ring (bicyclic) bond motifs is 1. The van der Waals surface area contributed by atoms with Crippen molar-refractivity contribution in [3.05, 3.63) is 52.1 Å². The van der Waals surface area contributed by atoms with Gasteiger partial charge in [0.15, 0.2) is 17.6 Å². The largest absolute Gasteiger partial charge is 0.493 e. The maximum absolute atomic E-state index is 12.6. The summed E-state index contributed by atoms with van der Waals surface area (Å²) in [6.07, 6.45) is -0.151. The van der Waals surface area contributed by atoms with Gasteiger partial charge in [0.05, 0.1) is 17.3 Å². The van der Waals surface area contributed by atoms with Crippen LogP contribution in [0.3, 0.4) is 0 Å². The van der Waals surface area contributed by atoms with Crippen LogP contribution in [0.5, 0.6) is 11.5 Å². The van der Waals surface area contributed by atoms with E-state index in [2.05, 4.69) is 5.32 Å². The summed E-state index contributed by atoms with van der Waals surface area (Å²) in [7, 11) is 3.29. The van der Waals surface area contributed by atoms with Crippen LogP contribution in [-0.2, 0) is 11.8 Å². The number of anilines is 1. The van der Waals surface area contributed by atoms with E-state index in [0.717, 1.165) is 21.6 Å². The number of methoxy groups -OCH3 is 1. The van der Waals surface area contributed by atoms with Crippen LogP contribution in [0.2, 0.25) is 0 Å². The third kappa shape index (κ3) is 3.57. The second-order valence-corrected chi connectivity index (χ2v) is 6.76. The van der Waals surface area contributed by atoms with Gasteiger partial charge in [-0.25, -0.2) is 0 Å². The predicted molar refractivity (Wildman–Crippen MR) is 103 cm³/mol. The Kier molecular flexibility index (Phi) is 5.27. The van der Waals surface area contributed by atoms with E-state index in [1.54, 1.807) is 43.0 Å². The Hall–Kier alpha value is -2.80. The summed E-state index contributed by atoms with van der Waals surface area (Å²) in [4.78, 5) is 24.3. The van der Waals surface area contributed by atoms with Gasteiger partial charge in [-0.05, 0) is 36.8 Å². The number of amides is 1. The lowest BCUT2D eigenvalue weighted by Gasteiger charge is -2.18. The van der Waals surface area contributed by atoms with Crippen molar-refractivity contribution in [2.45, 2.75) is 19.4 Å². The van der Waals surface area contributed by atoms with Gasteiger partial charge in [-0.3, -0.25) is 9.59 Å². The number of nitrogens with zero attached hydrogens (tertiary/aromatic N) is 1. The second-order valence-electron chi connectivity index (χ2n) is 5.76. The topological polar surface area (TPSA) is 69.6 Å². The molecule has 6 nitrogen and oxygen atoms in total. The molecule has 1 heterocycles. The van der Waals surface area contributed by atoms with Crippen LogP contribution in [0.4, 0.5) is 5.69 Å². The van der Waals surface area contributed by atoms with Crippen LogP contribution in [0.15, 0.2) is 47.3 Å². The van der Waals surface area contributed by atoms with E-state index in [9.17, 15) is 9.59 Å². The molecule has 1 aromatic heterocycles. The van der Waals surface area contributed by atoms with Crippen molar-refractivity contribution in [1.29, 1.82) is 0 Å². The van der Waals surface area contributed by atoms with Gasteiger partial charge >= 0.3 is 4.87 Å². The number of hydrogen-bond acceptors (Lipinski definition) is 5. The predicted octanol–water partition coefficient (Wildman–Crippen LogP) is 3.40. The summed E-state index contributed by atoms with van der Waals surface area (Å²) >= 11 is 1.15. The molecule has 3 rings (SSSR count). The van der Waals surface area contributed by atoms with E-state index in [4.69, 9.17) is 9.47 Å². The van der Waals surface area contributed by atoms with Crippen LogP contribution in [0.25, 0.3) is 10.2 Å². The molecule has 0 spiro atoms. The SMILES string of the molecule is CC[C@H](Oc1ccccc1OC)C(=O)Nc1ccc2c(c1)sc(=O)n2C. The summed E-state index contributed by atoms with van der Waals surface area (Å²) in [6, 6.07) is 12.6. The molecule has 0 aliphatic heterocycles. The third-order valence-corrected chi connectivity index (χ3v) is 5.06. The van der Waals surface area contributed by atoms with E-state index in [-0.39, 0.29) is 10.8 Å². The zero-order chi connectivity index (χ0) is 18.7. The zero-order valence-electron chi connectivity index (χ0n) is 14.8. The monoisotopic (exact) mass is 372 g/mol. The number of benzene rings is 2. The molecule has 0 saturated heterocycles. The zero-order valence-corrected chi connectivity index (χ0v) is 15.6. The molecule has 1 amide bonds. The Balaban J connectivity index is 1.78. The van der Waals surface area contributed by atoms with Crippen LogP contribution >= 0.6 is 11.3 Å². The quantitative estimate of drug-likeness (QED) is 0.720. The van der Waals surface area contributed by atoms with Crippen molar-refractivity contribution < 1.29 is 14.3 Å². The summed E-state index contributed by atoms with van der Waals surface area (Å²) in [5.41, 5.74) is 1.47. The minimum absolute atomic E-state index is 0.0329. The number of carbonyl (C=O) groups excluding carboxylic acids is 1. The molecule has 0 unspecified atom stereocenters. The Morgan fingerprint density at radius 3 is 2.65 bits per heavy atom. The molecule has 0 aliphatic carbocycles. The highest BCUT2D eigenvalue weighted by atomic mass is 32.1. The Morgan fingerprint density at radius 2 is 1.96 bits per heavy atom. The Bertz CT molecular complexity index is 993. The average Bonchev–Trinajstić information content (AvgIpc) is 2.93. The van der Waals surface area contributed by atoms with Gasteiger partial charge in [-0.2, -0.15) is 0 Å². The molecule has 0 aliphatic rings. The number of aryl methyl sites for hydroxylation is 1. The minimum Gasteiger partial charge on any atom is -0.493 e. The molecule has 136 valence electrons. The van der Waals surface area contributed by atoms with E-state index < -0.39 is 6.10 Å². The van der Waals surface area contributed by atoms with Crippen molar-refractivity contribution in [3.63, 3.8) is 0 Å². The van der Waals surface area contributed by atoms with Crippen LogP contribution in [-0.4, -0.2) is 23.7 Å². The molecule has 0 bridgehead atoms. The standard InChI is InChI=1S/C19H20N2O4S/c1-4-14(25-16-8-6-5-7-15(16)24-3)18(22)20-12-9-10-13-17(11-12)26-19(23)21(13)2/h5-11,14H,4H2,1-3H3,(H,20,22)/t14-/m0/s1. The van der Waals surface area contributed by atoms with Gasteiger partial charge in [0, 0.05) is 12.7 Å². The maximum Gasteiger partial charge on any atom is 0.307 e. The Labute approximate surface area is 155 Å². The molecule has 1 atom stereocenters. The highest BCUT2D eigenvalue weighted by molar-refractivity contribution is 7.16. The molecule has 1 N–H and O–H groups in total. The first-order valence-corrected chi connectivity index (χ1v) is 9.05. The number of aromatic nitrogens is 1. The van der Waals surface area contributed by atoms with Crippen LogP contribution < -0.4 is 19.7 Å². The lowest BCUT2D eigenvalue weighted by molar-refractivity contribution is -0.122. The van der Waals surface area contributed by atoms with E-state index in [1.807, 2.05) is 25.1 Å². The number of carbonyl (C=O) groups is 1.